The summed E-state index contributed by atoms with van der Waals surface area (Å²) in [6.45, 7) is 8.12. The number of likely N-dealkylation sites (N-methyl/N-ethyl adjacent to an activating group) is 1. The maximum Gasteiger partial charge on any atom is 0.243 e. The third-order valence-corrected chi connectivity index (χ3v) is 3.76. The van der Waals surface area contributed by atoms with Crippen molar-refractivity contribution in [3.63, 3.8) is 0 Å². The number of carbonyl (C=O) groups is 1. The van der Waals surface area contributed by atoms with Crippen molar-refractivity contribution in [3.8, 4) is 0 Å². The van der Waals surface area contributed by atoms with E-state index >= 15 is 0 Å². The van der Waals surface area contributed by atoms with Gasteiger partial charge in [0.1, 0.15) is 0 Å². The minimum absolute atomic E-state index is 0.101. The highest BCUT2D eigenvalue weighted by Crippen LogP contribution is 2.24. The summed E-state index contributed by atoms with van der Waals surface area (Å²) in [5, 5.41) is 2.85. The third kappa shape index (κ3) is 3.92. The van der Waals surface area contributed by atoms with Gasteiger partial charge in [-0.05, 0) is 18.7 Å². The molecule has 1 amide bonds. The van der Waals surface area contributed by atoms with Gasteiger partial charge in [-0.1, -0.05) is 36.9 Å². The lowest BCUT2D eigenvalue weighted by Crippen LogP contribution is -2.48. The number of amides is 1. The van der Waals surface area contributed by atoms with E-state index in [4.69, 9.17) is 0 Å². The molecule has 1 aliphatic heterocycles. The number of hydrogen-bond donors (Lipinski definition) is 1. The maximum absolute atomic E-state index is 11.2. The van der Waals surface area contributed by atoms with Crippen molar-refractivity contribution < 1.29 is 4.79 Å². The second kappa shape index (κ2) is 7.22. The number of nitrogens with one attached hydrogen (secondary N) is 1. The van der Waals surface area contributed by atoms with Crippen LogP contribution in [0.4, 0.5) is 0 Å². The zero-order chi connectivity index (χ0) is 14.4. The van der Waals surface area contributed by atoms with Crippen LogP contribution in [0.2, 0.25) is 0 Å². The lowest BCUT2D eigenvalue weighted by molar-refractivity contribution is -0.116. The largest absolute Gasteiger partial charge is 0.351 e. The van der Waals surface area contributed by atoms with Crippen LogP contribution in [-0.4, -0.2) is 55.5 Å². The molecular formula is C16H23N3O. The number of piperazine rings is 1. The summed E-state index contributed by atoms with van der Waals surface area (Å²) >= 11 is 0. The van der Waals surface area contributed by atoms with E-state index in [9.17, 15) is 4.79 Å². The number of rotatable bonds is 5. The lowest BCUT2D eigenvalue weighted by atomic mass is 10.0. The van der Waals surface area contributed by atoms with Crippen LogP contribution in [0.1, 0.15) is 11.6 Å². The highest BCUT2D eigenvalue weighted by atomic mass is 16.1. The van der Waals surface area contributed by atoms with E-state index in [0.717, 1.165) is 26.2 Å². The highest BCUT2D eigenvalue weighted by molar-refractivity contribution is 5.86. The molecule has 1 aromatic rings. The predicted octanol–water partition coefficient (Wildman–Crippen LogP) is 1.28. The Bertz CT molecular complexity index is 446. The molecule has 0 spiro atoms. The van der Waals surface area contributed by atoms with E-state index in [1.165, 1.54) is 11.6 Å². The van der Waals surface area contributed by atoms with Crippen LogP contribution in [0, 0.1) is 0 Å². The number of nitrogens with zero attached hydrogens (tertiary/aromatic N) is 2. The summed E-state index contributed by atoms with van der Waals surface area (Å²) in [4.78, 5) is 16.0. The summed E-state index contributed by atoms with van der Waals surface area (Å²) in [5.41, 5.74) is 1.34. The minimum Gasteiger partial charge on any atom is -0.351 e. The maximum atomic E-state index is 11.2. The summed E-state index contributed by atoms with van der Waals surface area (Å²) in [7, 11) is 2.16. The van der Waals surface area contributed by atoms with Gasteiger partial charge >= 0.3 is 0 Å². The molecule has 20 heavy (non-hydrogen) atoms. The summed E-state index contributed by atoms with van der Waals surface area (Å²) in [5.74, 6) is -0.101. The summed E-state index contributed by atoms with van der Waals surface area (Å²) in [6, 6.07) is 11.0. The average molecular weight is 273 g/mol. The molecule has 0 bridgehead atoms. The van der Waals surface area contributed by atoms with E-state index < -0.39 is 0 Å². The molecule has 1 saturated heterocycles. The first kappa shape index (κ1) is 14.8. The molecule has 2 rings (SSSR count). The fourth-order valence-corrected chi connectivity index (χ4v) is 2.61. The first-order chi connectivity index (χ1) is 9.70. The standard InChI is InChI=1S/C16H23N3O/c1-3-16(20)17-9-10-19-12-11-18(2)13-15(19)14-7-5-4-6-8-14/h3-8,15H,1,9-13H2,2H3,(H,17,20). The van der Waals surface area contributed by atoms with Gasteiger partial charge in [0.2, 0.25) is 5.91 Å². The van der Waals surface area contributed by atoms with Crippen molar-refractivity contribution >= 4 is 5.91 Å². The predicted molar refractivity (Wildman–Crippen MR) is 81.5 cm³/mol. The molecule has 108 valence electrons. The molecule has 4 heteroatoms. The van der Waals surface area contributed by atoms with Crippen LogP contribution in [0.15, 0.2) is 43.0 Å². The van der Waals surface area contributed by atoms with Gasteiger partial charge in [-0.2, -0.15) is 0 Å². The van der Waals surface area contributed by atoms with Gasteiger partial charge in [-0.25, -0.2) is 0 Å². The van der Waals surface area contributed by atoms with Crippen LogP contribution >= 0.6 is 0 Å². The molecule has 0 radical (unpaired) electrons. The van der Waals surface area contributed by atoms with Gasteiger partial charge in [0, 0.05) is 38.8 Å². The monoisotopic (exact) mass is 273 g/mol. The van der Waals surface area contributed by atoms with Gasteiger partial charge in [0.25, 0.3) is 0 Å². The molecule has 0 aliphatic carbocycles. The fourth-order valence-electron chi connectivity index (χ4n) is 2.61. The quantitative estimate of drug-likeness (QED) is 0.821. The molecule has 1 aliphatic rings. The van der Waals surface area contributed by atoms with E-state index in [1.54, 1.807) is 0 Å². The van der Waals surface area contributed by atoms with Crippen molar-refractivity contribution in [3.05, 3.63) is 48.6 Å². The topological polar surface area (TPSA) is 35.6 Å². The molecular weight excluding hydrogens is 250 g/mol. The molecule has 1 atom stereocenters. The number of benzene rings is 1. The SMILES string of the molecule is C=CC(=O)NCCN1CCN(C)CC1c1ccccc1. The summed E-state index contributed by atoms with van der Waals surface area (Å²) in [6.07, 6.45) is 1.32. The van der Waals surface area contributed by atoms with Gasteiger partial charge in [0.15, 0.2) is 0 Å². The second-order valence-corrected chi connectivity index (χ2v) is 5.22. The lowest BCUT2D eigenvalue weighted by Gasteiger charge is -2.40. The van der Waals surface area contributed by atoms with Crippen LogP contribution in [-0.2, 0) is 4.79 Å². The van der Waals surface area contributed by atoms with Gasteiger partial charge < -0.3 is 10.2 Å². The van der Waals surface area contributed by atoms with Crippen molar-refractivity contribution in [2.45, 2.75) is 6.04 Å². The Labute approximate surface area is 121 Å². The van der Waals surface area contributed by atoms with E-state index in [-0.39, 0.29) is 5.91 Å². The van der Waals surface area contributed by atoms with E-state index in [1.807, 2.05) is 6.07 Å². The molecule has 4 nitrogen and oxygen atoms in total. The third-order valence-electron chi connectivity index (χ3n) is 3.76. The van der Waals surface area contributed by atoms with Crippen LogP contribution < -0.4 is 5.32 Å². The Balaban J connectivity index is 1.98. The molecule has 1 aromatic carbocycles. The second-order valence-electron chi connectivity index (χ2n) is 5.22. The average Bonchev–Trinajstić information content (AvgIpc) is 2.49. The molecule has 0 saturated carbocycles. The van der Waals surface area contributed by atoms with Crippen LogP contribution in [0.25, 0.3) is 0 Å². The van der Waals surface area contributed by atoms with Crippen LogP contribution in [0.3, 0.4) is 0 Å². The normalized spacial score (nSPS) is 20.6. The fraction of sp³-hybridized carbons (Fsp3) is 0.438. The van der Waals surface area contributed by atoms with Crippen molar-refractivity contribution in [1.82, 2.24) is 15.1 Å². The van der Waals surface area contributed by atoms with Gasteiger partial charge in [0.05, 0.1) is 0 Å². The number of hydrogen-bond acceptors (Lipinski definition) is 3. The zero-order valence-electron chi connectivity index (χ0n) is 12.1. The van der Waals surface area contributed by atoms with Crippen LogP contribution in [0.5, 0.6) is 0 Å². The molecule has 1 unspecified atom stereocenters. The first-order valence-electron chi connectivity index (χ1n) is 7.08. The Kier molecular flexibility index (Phi) is 5.32. The van der Waals surface area contributed by atoms with Crippen molar-refractivity contribution in [2.75, 3.05) is 39.8 Å². The van der Waals surface area contributed by atoms with E-state index in [2.05, 4.69) is 53.0 Å². The molecule has 1 fully saturated rings. The number of carbonyl (C=O) groups excluding carboxylic acids is 1. The Morgan fingerprint density at radius 1 is 1.40 bits per heavy atom. The first-order valence-corrected chi connectivity index (χ1v) is 7.08. The highest BCUT2D eigenvalue weighted by Gasteiger charge is 2.25. The van der Waals surface area contributed by atoms with Crippen molar-refractivity contribution in [2.24, 2.45) is 0 Å². The van der Waals surface area contributed by atoms with Gasteiger partial charge in [-0.15, -0.1) is 0 Å². The molecule has 1 heterocycles. The Morgan fingerprint density at radius 3 is 2.85 bits per heavy atom. The summed E-state index contributed by atoms with van der Waals surface area (Å²) < 4.78 is 0. The minimum atomic E-state index is -0.101. The van der Waals surface area contributed by atoms with Crippen molar-refractivity contribution in [1.29, 1.82) is 0 Å². The zero-order valence-corrected chi connectivity index (χ0v) is 12.1. The smallest absolute Gasteiger partial charge is 0.243 e. The van der Waals surface area contributed by atoms with Gasteiger partial charge in [-0.3, -0.25) is 9.69 Å². The van der Waals surface area contributed by atoms with E-state index in [0.29, 0.717) is 12.6 Å². The Hall–Kier alpha value is -1.65. The Morgan fingerprint density at radius 2 is 2.15 bits per heavy atom. The molecule has 0 aromatic heterocycles. The molecule has 1 N–H and O–H groups in total.